The van der Waals surface area contributed by atoms with Crippen molar-refractivity contribution in [2.24, 2.45) is 11.8 Å². The van der Waals surface area contributed by atoms with Crippen LogP contribution in [0.2, 0.25) is 0 Å². The van der Waals surface area contributed by atoms with Gasteiger partial charge in [-0.25, -0.2) is 0 Å². The Bertz CT molecular complexity index is 158. The van der Waals surface area contributed by atoms with Crippen molar-refractivity contribution in [1.29, 1.82) is 0 Å². The molecule has 0 radical (unpaired) electrons. The monoisotopic (exact) mass is 158 g/mol. The lowest BCUT2D eigenvalue weighted by molar-refractivity contribution is -0.418. The van der Waals surface area contributed by atoms with Gasteiger partial charge in [-0.05, 0) is 5.92 Å². The molecule has 0 heterocycles. The van der Waals surface area contributed by atoms with E-state index in [4.69, 9.17) is 0 Å². The molecule has 0 aliphatic heterocycles. The zero-order valence-corrected chi connectivity index (χ0v) is 7.17. The van der Waals surface area contributed by atoms with Crippen molar-refractivity contribution < 1.29 is 15.3 Å². The summed E-state index contributed by atoms with van der Waals surface area (Å²) in [7, 11) is 1.45. The number of quaternary nitrogens is 1. The summed E-state index contributed by atoms with van der Waals surface area (Å²) in [4.78, 5) is 11.1. The van der Waals surface area contributed by atoms with E-state index in [-0.39, 0.29) is 11.9 Å². The molecular weight excluding hydrogens is 142 g/mol. The van der Waals surface area contributed by atoms with E-state index in [1.54, 1.807) is 0 Å². The van der Waals surface area contributed by atoms with Gasteiger partial charge in [-0.2, -0.15) is 0 Å². The van der Waals surface area contributed by atoms with Gasteiger partial charge in [0.05, 0.1) is 19.1 Å². The van der Waals surface area contributed by atoms with Gasteiger partial charge >= 0.3 is 5.97 Å². The lowest BCUT2D eigenvalue weighted by Crippen LogP contribution is -2.59. The molecule has 11 heavy (non-hydrogen) atoms. The van der Waals surface area contributed by atoms with E-state index in [2.05, 4.69) is 17.4 Å². The summed E-state index contributed by atoms with van der Waals surface area (Å²) in [5.74, 6) is 0.482. The normalized spacial score (nSPS) is 37.2. The molecule has 3 N–H and O–H groups in total. The van der Waals surface area contributed by atoms with Crippen LogP contribution in [0, 0.1) is 11.8 Å². The average molecular weight is 158 g/mol. The molecule has 3 heteroatoms. The summed E-state index contributed by atoms with van der Waals surface area (Å²) in [6.45, 7) is 2.09. The third-order valence-corrected chi connectivity index (χ3v) is 2.48. The van der Waals surface area contributed by atoms with E-state index in [0.29, 0.717) is 12.0 Å². The molecule has 0 spiro atoms. The Morgan fingerprint density at radius 3 is 2.55 bits per heavy atom. The quantitative estimate of drug-likeness (QED) is 0.538. The van der Waals surface area contributed by atoms with Crippen molar-refractivity contribution >= 4 is 5.97 Å². The van der Waals surface area contributed by atoms with Gasteiger partial charge in [-0.3, -0.25) is 4.79 Å². The van der Waals surface area contributed by atoms with E-state index in [1.807, 2.05) is 0 Å². The van der Waals surface area contributed by atoms with Crippen molar-refractivity contribution in [3.05, 3.63) is 0 Å². The predicted molar refractivity (Wildman–Crippen MR) is 40.6 cm³/mol. The second-order valence-electron chi connectivity index (χ2n) is 3.44. The van der Waals surface area contributed by atoms with Crippen LogP contribution in [0.5, 0.6) is 0 Å². The summed E-state index contributed by atoms with van der Waals surface area (Å²) in [5.41, 5.74) is 3.95. The fraction of sp³-hybridized carbons (Fsp3) is 0.875. The van der Waals surface area contributed by atoms with Crippen molar-refractivity contribution in [2.45, 2.75) is 25.8 Å². The largest absolute Gasteiger partial charge is 0.469 e. The molecule has 3 nitrogen and oxygen atoms in total. The van der Waals surface area contributed by atoms with E-state index in [1.165, 1.54) is 7.11 Å². The van der Waals surface area contributed by atoms with Crippen molar-refractivity contribution in [1.82, 2.24) is 0 Å². The Balaban J connectivity index is 2.52. The first kappa shape index (κ1) is 8.53. The van der Waals surface area contributed by atoms with E-state index in [0.717, 1.165) is 12.8 Å². The van der Waals surface area contributed by atoms with Crippen LogP contribution in [0.1, 0.15) is 19.8 Å². The van der Waals surface area contributed by atoms with Crippen LogP contribution >= 0.6 is 0 Å². The van der Waals surface area contributed by atoms with Gasteiger partial charge in [-0.15, -0.1) is 0 Å². The first-order chi connectivity index (χ1) is 5.15. The molecule has 0 saturated heterocycles. The number of hydrogen-bond donors (Lipinski definition) is 1. The van der Waals surface area contributed by atoms with Crippen LogP contribution in [0.4, 0.5) is 0 Å². The van der Waals surface area contributed by atoms with Crippen LogP contribution in [0.15, 0.2) is 0 Å². The van der Waals surface area contributed by atoms with E-state index < -0.39 is 0 Å². The molecule has 64 valence electrons. The van der Waals surface area contributed by atoms with E-state index >= 15 is 0 Å². The second-order valence-corrected chi connectivity index (χ2v) is 3.44. The molecule has 0 aromatic heterocycles. The minimum Gasteiger partial charge on any atom is -0.469 e. The van der Waals surface area contributed by atoms with Gasteiger partial charge in [0.2, 0.25) is 0 Å². The second kappa shape index (κ2) is 3.22. The highest BCUT2D eigenvalue weighted by molar-refractivity contribution is 5.73. The molecule has 0 amide bonds. The fourth-order valence-electron chi connectivity index (χ4n) is 1.86. The molecule has 3 atom stereocenters. The summed E-state index contributed by atoms with van der Waals surface area (Å²) >= 11 is 0. The standard InChI is InChI=1S/C8H15NO2/c1-5-3-6(9)4-7(5)8(10)11-2/h5-7H,3-4,9H2,1-2H3/p+1/t5-,6-,7+/m0/s1. The molecule has 0 aromatic rings. The molecule has 0 bridgehead atoms. The van der Waals surface area contributed by atoms with Gasteiger partial charge in [0.1, 0.15) is 0 Å². The number of rotatable bonds is 1. The Morgan fingerprint density at radius 2 is 2.18 bits per heavy atom. The van der Waals surface area contributed by atoms with Crippen molar-refractivity contribution in [3.8, 4) is 0 Å². The maximum atomic E-state index is 11.1. The molecule has 1 rings (SSSR count). The molecule has 1 saturated carbocycles. The Kier molecular flexibility index (Phi) is 2.49. The average Bonchev–Trinajstić information content (AvgIpc) is 2.28. The molecule has 0 unspecified atom stereocenters. The highest BCUT2D eigenvalue weighted by atomic mass is 16.5. The van der Waals surface area contributed by atoms with Gasteiger partial charge in [-0.1, -0.05) is 6.92 Å². The summed E-state index contributed by atoms with van der Waals surface area (Å²) in [6.07, 6.45) is 1.95. The number of carbonyl (C=O) groups is 1. The predicted octanol–water partition coefficient (Wildman–Crippen LogP) is -0.184. The van der Waals surface area contributed by atoms with E-state index in [9.17, 15) is 4.79 Å². The maximum Gasteiger partial charge on any atom is 0.309 e. The van der Waals surface area contributed by atoms with Crippen LogP contribution in [0.3, 0.4) is 0 Å². The number of hydrogen-bond acceptors (Lipinski definition) is 2. The van der Waals surface area contributed by atoms with Crippen molar-refractivity contribution in [2.75, 3.05) is 7.11 Å². The molecule has 1 aliphatic rings. The Morgan fingerprint density at radius 1 is 1.55 bits per heavy atom. The number of esters is 1. The minimum absolute atomic E-state index is 0.0661. The Labute approximate surface area is 66.9 Å². The Hall–Kier alpha value is -0.570. The first-order valence-corrected chi connectivity index (χ1v) is 4.06. The molecular formula is C8H16NO2+. The summed E-state index contributed by atoms with van der Waals surface area (Å²) in [6, 6.07) is 0.439. The van der Waals surface area contributed by atoms with Gasteiger partial charge in [0, 0.05) is 12.8 Å². The summed E-state index contributed by atoms with van der Waals surface area (Å²) < 4.78 is 4.69. The lowest BCUT2D eigenvalue weighted by Gasteiger charge is -2.10. The number of carbonyl (C=O) groups excluding carboxylic acids is 1. The fourth-order valence-corrected chi connectivity index (χ4v) is 1.86. The van der Waals surface area contributed by atoms with Crippen LogP contribution in [0.25, 0.3) is 0 Å². The van der Waals surface area contributed by atoms with Crippen LogP contribution in [-0.2, 0) is 9.53 Å². The number of ether oxygens (including phenoxy) is 1. The third-order valence-electron chi connectivity index (χ3n) is 2.48. The van der Waals surface area contributed by atoms with Gasteiger partial charge < -0.3 is 10.5 Å². The maximum absolute atomic E-state index is 11.1. The summed E-state index contributed by atoms with van der Waals surface area (Å²) in [5, 5.41) is 0. The van der Waals surface area contributed by atoms with Crippen LogP contribution < -0.4 is 5.73 Å². The van der Waals surface area contributed by atoms with Gasteiger partial charge in [0.25, 0.3) is 0 Å². The SMILES string of the molecule is COC(=O)[C@@H]1C[C@@H]([NH3+])C[C@@H]1C. The topological polar surface area (TPSA) is 53.9 Å². The minimum atomic E-state index is -0.0661. The first-order valence-electron chi connectivity index (χ1n) is 4.06. The third kappa shape index (κ3) is 1.71. The zero-order chi connectivity index (χ0) is 8.43. The zero-order valence-electron chi connectivity index (χ0n) is 7.17. The highest BCUT2D eigenvalue weighted by Crippen LogP contribution is 2.30. The highest BCUT2D eigenvalue weighted by Gasteiger charge is 2.36. The molecule has 1 aliphatic carbocycles. The van der Waals surface area contributed by atoms with Gasteiger partial charge in [0.15, 0.2) is 0 Å². The van der Waals surface area contributed by atoms with Crippen molar-refractivity contribution in [3.63, 3.8) is 0 Å². The van der Waals surface area contributed by atoms with Crippen LogP contribution in [-0.4, -0.2) is 19.1 Å². The lowest BCUT2D eigenvalue weighted by atomic mass is 9.99. The molecule has 1 fully saturated rings. The molecule has 0 aromatic carbocycles. The smallest absolute Gasteiger partial charge is 0.309 e. The number of methoxy groups -OCH3 is 1.